The summed E-state index contributed by atoms with van der Waals surface area (Å²) in [6.07, 6.45) is -0.596. The predicted molar refractivity (Wildman–Crippen MR) is 73.2 cm³/mol. The molecular formula is C12H20N2O4S. The number of carbonyl (C=O) groups is 3. The van der Waals surface area contributed by atoms with E-state index in [4.69, 9.17) is 4.74 Å². The number of hydrogen-bond donors (Lipinski definition) is 2. The highest BCUT2D eigenvalue weighted by Gasteiger charge is 2.40. The monoisotopic (exact) mass is 288 g/mol. The Bertz CT molecular complexity index is 378. The third-order valence-corrected chi connectivity index (χ3v) is 2.71. The zero-order valence-corrected chi connectivity index (χ0v) is 12.3. The standard InChI is InChI=1S/C12H20N2O4S/c1-12(2,3)18-11(17)14-7-8(15)6-9(14)10(16)13-4-5-19/h9,19H,4-7H2,1-3H3,(H,13,16)/t9-/m0/s1. The molecular weight excluding hydrogens is 268 g/mol. The van der Waals surface area contributed by atoms with Gasteiger partial charge in [-0.1, -0.05) is 0 Å². The van der Waals surface area contributed by atoms with Gasteiger partial charge in [-0.15, -0.1) is 0 Å². The number of hydrogen-bond acceptors (Lipinski definition) is 5. The van der Waals surface area contributed by atoms with Gasteiger partial charge in [-0.05, 0) is 20.8 Å². The first-order valence-electron chi connectivity index (χ1n) is 6.14. The Balaban J connectivity index is 2.71. The van der Waals surface area contributed by atoms with E-state index in [0.29, 0.717) is 12.3 Å². The van der Waals surface area contributed by atoms with Crippen molar-refractivity contribution < 1.29 is 19.1 Å². The molecule has 1 fully saturated rings. The molecule has 1 aliphatic heterocycles. The largest absolute Gasteiger partial charge is 0.444 e. The molecule has 0 aromatic rings. The lowest BCUT2D eigenvalue weighted by molar-refractivity contribution is -0.125. The molecule has 1 N–H and O–H groups in total. The van der Waals surface area contributed by atoms with Crippen LogP contribution in [0.1, 0.15) is 27.2 Å². The fourth-order valence-electron chi connectivity index (χ4n) is 1.73. The zero-order valence-electron chi connectivity index (χ0n) is 11.4. The normalized spacial score (nSPS) is 19.5. The molecule has 0 radical (unpaired) electrons. The topological polar surface area (TPSA) is 75.7 Å². The first kappa shape index (κ1) is 15.8. The summed E-state index contributed by atoms with van der Waals surface area (Å²) in [6.45, 7) is 5.53. The number of nitrogens with one attached hydrogen (secondary N) is 1. The van der Waals surface area contributed by atoms with Gasteiger partial charge in [0.15, 0.2) is 5.78 Å². The fraction of sp³-hybridized carbons (Fsp3) is 0.750. The van der Waals surface area contributed by atoms with Crippen molar-refractivity contribution in [2.24, 2.45) is 0 Å². The van der Waals surface area contributed by atoms with Gasteiger partial charge in [0, 0.05) is 18.7 Å². The minimum atomic E-state index is -0.776. The summed E-state index contributed by atoms with van der Waals surface area (Å²) in [4.78, 5) is 36.5. The SMILES string of the molecule is CC(C)(C)OC(=O)N1CC(=O)C[C@H]1C(=O)NCCS. The highest BCUT2D eigenvalue weighted by atomic mass is 32.1. The van der Waals surface area contributed by atoms with E-state index in [1.54, 1.807) is 20.8 Å². The van der Waals surface area contributed by atoms with E-state index >= 15 is 0 Å². The zero-order chi connectivity index (χ0) is 14.6. The number of Topliss-reactive ketones (excluding diaryl/α,β-unsaturated/α-hetero) is 1. The molecule has 6 nitrogen and oxygen atoms in total. The van der Waals surface area contributed by atoms with Crippen molar-refractivity contribution in [3.8, 4) is 0 Å². The lowest BCUT2D eigenvalue weighted by Crippen LogP contribution is -2.47. The lowest BCUT2D eigenvalue weighted by atomic mass is 10.2. The van der Waals surface area contributed by atoms with Gasteiger partial charge < -0.3 is 10.1 Å². The molecule has 1 atom stereocenters. The van der Waals surface area contributed by atoms with Crippen LogP contribution in [0.2, 0.25) is 0 Å². The van der Waals surface area contributed by atoms with E-state index in [1.807, 2.05) is 0 Å². The lowest BCUT2D eigenvalue weighted by Gasteiger charge is -2.27. The number of likely N-dealkylation sites (tertiary alicyclic amines) is 1. The molecule has 19 heavy (non-hydrogen) atoms. The van der Waals surface area contributed by atoms with Crippen LogP contribution < -0.4 is 5.32 Å². The summed E-state index contributed by atoms with van der Waals surface area (Å²) >= 11 is 3.99. The van der Waals surface area contributed by atoms with Crippen LogP contribution in [0, 0.1) is 0 Å². The quantitative estimate of drug-likeness (QED) is 0.746. The van der Waals surface area contributed by atoms with Crippen molar-refractivity contribution in [2.75, 3.05) is 18.8 Å². The molecule has 0 aromatic heterocycles. The second-order valence-corrected chi connectivity index (χ2v) is 5.83. The van der Waals surface area contributed by atoms with Gasteiger partial charge in [0.2, 0.25) is 5.91 Å². The van der Waals surface area contributed by atoms with Gasteiger partial charge in [0.1, 0.15) is 11.6 Å². The number of ether oxygens (including phenoxy) is 1. The van der Waals surface area contributed by atoms with Crippen LogP contribution in [0.15, 0.2) is 0 Å². The maximum Gasteiger partial charge on any atom is 0.411 e. The van der Waals surface area contributed by atoms with Crippen LogP contribution in [0.3, 0.4) is 0 Å². The Morgan fingerprint density at radius 1 is 1.47 bits per heavy atom. The Kier molecular flexibility index (Phi) is 5.22. The van der Waals surface area contributed by atoms with Crippen molar-refractivity contribution in [1.82, 2.24) is 10.2 Å². The Morgan fingerprint density at radius 2 is 2.11 bits per heavy atom. The number of rotatable bonds is 3. The molecule has 1 saturated heterocycles. The average Bonchev–Trinajstić information content (AvgIpc) is 2.66. The third-order valence-electron chi connectivity index (χ3n) is 2.49. The smallest absolute Gasteiger partial charge is 0.411 e. The van der Waals surface area contributed by atoms with E-state index < -0.39 is 17.7 Å². The van der Waals surface area contributed by atoms with Crippen LogP contribution >= 0.6 is 12.6 Å². The predicted octanol–water partition coefficient (Wildman–Crippen LogP) is 0.611. The number of nitrogens with zero attached hydrogens (tertiary/aromatic N) is 1. The summed E-state index contributed by atoms with van der Waals surface area (Å²) in [5.41, 5.74) is -0.658. The Hall–Kier alpha value is -1.24. The number of carbonyl (C=O) groups excluding carboxylic acids is 3. The number of ketones is 1. The van der Waals surface area contributed by atoms with Crippen LogP contribution in [0.25, 0.3) is 0 Å². The molecule has 0 bridgehead atoms. The number of thiol groups is 1. The summed E-state index contributed by atoms with van der Waals surface area (Å²) in [5, 5.41) is 2.63. The van der Waals surface area contributed by atoms with Gasteiger partial charge in [-0.25, -0.2) is 4.79 Å². The van der Waals surface area contributed by atoms with Gasteiger partial charge in [-0.3, -0.25) is 14.5 Å². The van der Waals surface area contributed by atoms with Gasteiger partial charge in [-0.2, -0.15) is 12.6 Å². The Labute approximate surface area is 118 Å². The maximum absolute atomic E-state index is 12.0. The van der Waals surface area contributed by atoms with Crippen molar-refractivity contribution in [3.63, 3.8) is 0 Å². The Morgan fingerprint density at radius 3 is 2.63 bits per heavy atom. The number of amides is 2. The second kappa shape index (κ2) is 6.27. The van der Waals surface area contributed by atoms with Crippen LogP contribution in [-0.4, -0.2) is 53.2 Å². The second-order valence-electron chi connectivity index (χ2n) is 5.38. The third kappa shape index (κ3) is 4.74. The first-order chi connectivity index (χ1) is 8.74. The minimum absolute atomic E-state index is 0.0393. The summed E-state index contributed by atoms with van der Waals surface area (Å²) in [7, 11) is 0. The van der Waals surface area contributed by atoms with Gasteiger partial charge >= 0.3 is 6.09 Å². The van der Waals surface area contributed by atoms with Crippen LogP contribution in [0.4, 0.5) is 4.79 Å². The minimum Gasteiger partial charge on any atom is -0.444 e. The molecule has 0 saturated carbocycles. The van der Waals surface area contributed by atoms with E-state index in [-0.39, 0.29) is 24.7 Å². The maximum atomic E-state index is 12.0. The fourth-order valence-corrected chi connectivity index (χ4v) is 1.85. The molecule has 0 aromatic carbocycles. The first-order valence-corrected chi connectivity index (χ1v) is 6.77. The van der Waals surface area contributed by atoms with E-state index in [9.17, 15) is 14.4 Å². The molecule has 0 unspecified atom stereocenters. The summed E-state index contributed by atoms with van der Waals surface area (Å²) in [6, 6.07) is -0.776. The van der Waals surface area contributed by atoms with E-state index in [1.165, 1.54) is 4.90 Å². The molecule has 1 heterocycles. The van der Waals surface area contributed by atoms with Crippen LogP contribution in [-0.2, 0) is 14.3 Å². The van der Waals surface area contributed by atoms with Crippen molar-refractivity contribution >= 4 is 30.4 Å². The molecule has 0 aliphatic carbocycles. The molecule has 108 valence electrons. The van der Waals surface area contributed by atoms with Gasteiger partial charge in [0.05, 0.1) is 6.54 Å². The highest BCUT2D eigenvalue weighted by Crippen LogP contribution is 2.19. The van der Waals surface area contributed by atoms with Crippen molar-refractivity contribution in [2.45, 2.75) is 38.8 Å². The molecule has 1 aliphatic rings. The molecule has 0 spiro atoms. The highest BCUT2D eigenvalue weighted by molar-refractivity contribution is 7.80. The molecule has 1 rings (SSSR count). The van der Waals surface area contributed by atoms with E-state index in [2.05, 4.69) is 17.9 Å². The average molecular weight is 288 g/mol. The summed E-state index contributed by atoms with van der Waals surface area (Å²) in [5.74, 6) is 0.0152. The van der Waals surface area contributed by atoms with Crippen molar-refractivity contribution in [3.05, 3.63) is 0 Å². The van der Waals surface area contributed by atoms with E-state index in [0.717, 1.165) is 0 Å². The van der Waals surface area contributed by atoms with Crippen molar-refractivity contribution in [1.29, 1.82) is 0 Å². The van der Waals surface area contributed by atoms with Crippen LogP contribution in [0.5, 0.6) is 0 Å². The van der Waals surface area contributed by atoms with Gasteiger partial charge in [0.25, 0.3) is 0 Å². The molecule has 2 amide bonds. The molecule has 7 heteroatoms. The summed E-state index contributed by atoms with van der Waals surface area (Å²) < 4.78 is 5.19.